The number of nitrogens with zero attached hydrogens (tertiary/aromatic N) is 1. The van der Waals surface area contributed by atoms with Crippen LogP contribution in [0, 0.1) is 0 Å². The number of benzene rings is 1. The number of rotatable bonds is 4. The van der Waals surface area contributed by atoms with Gasteiger partial charge in [-0.1, -0.05) is 38.1 Å². The Labute approximate surface area is 116 Å². The number of hydrogen-bond donors (Lipinski definition) is 2. The molecule has 2 atom stereocenters. The molecular weight excluding hydrogens is 236 g/mol. The van der Waals surface area contributed by atoms with Gasteiger partial charge in [-0.25, -0.2) is 0 Å². The van der Waals surface area contributed by atoms with Crippen LogP contribution in [-0.4, -0.2) is 42.3 Å². The van der Waals surface area contributed by atoms with Crippen molar-refractivity contribution in [1.82, 2.24) is 4.90 Å². The molecule has 0 aliphatic carbocycles. The monoisotopic (exact) mass is 262 g/mol. The zero-order valence-corrected chi connectivity index (χ0v) is 12.0. The SMILES string of the molecule is CC(C)c1ccc(C2CC(N)CN(CCO)C2)cc1. The van der Waals surface area contributed by atoms with Crippen molar-refractivity contribution in [3.8, 4) is 0 Å². The minimum Gasteiger partial charge on any atom is -0.395 e. The molecule has 1 aliphatic rings. The Hall–Kier alpha value is -0.900. The van der Waals surface area contributed by atoms with Crippen molar-refractivity contribution in [1.29, 1.82) is 0 Å². The highest BCUT2D eigenvalue weighted by atomic mass is 16.3. The molecule has 19 heavy (non-hydrogen) atoms. The molecule has 0 saturated carbocycles. The van der Waals surface area contributed by atoms with Crippen LogP contribution in [0.25, 0.3) is 0 Å². The van der Waals surface area contributed by atoms with Gasteiger partial charge in [0.05, 0.1) is 6.61 Å². The van der Waals surface area contributed by atoms with Crippen molar-refractivity contribution in [2.45, 2.75) is 38.1 Å². The minimum absolute atomic E-state index is 0.214. The average Bonchev–Trinajstić information content (AvgIpc) is 2.38. The first-order chi connectivity index (χ1) is 9.10. The molecule has 1 heterocycles. The number of nitrogens with two attached hydrogens (primary N) is 1. The Balaban J connectivity index is 2.07. The fraction of sp³-hybridized carbons (Fsp3) is 0.625. The molecule has 3 heteroatoms. The highest BCUT2D eigenvalue weighted by molar-refractivity contribution is 5.28. The van der Waals surface area contributed by atoms with E-state index in [0.717, 1.165) is 26.1 Å². The molecular formula is C16H26N2O. The average molecular weight is 262 g/mol. The number of piperidine rings is 1. The van der Waals surface area contributed by atoms with Crippen LogP contribution in [0.1, 0.15) is 43.2 Å². The van der Waals surface area contributed by atoms with Crippen molar-refractivity contribution >= 4 is 0 Å². The van der Waals surface area contributed by atoms with Gasteiger partial charge in [-0.15, -0.1) is 0 Å². The molecule has 1 aliphatic heterocycles. The van der Waals surface area contributed by atoms with Crippen molar-refractivity contribution in [2.24, 2.45) is 5.73 Å². The molecule has 0 spiro atoms. The van der Waals surface area contributed by atoms with E-state index >= 15 is 0 Å². The van der Waals surface area contributed by atoms with Crippen molar-refractivity contribution in [3.63, 3.8) is 0 Å². The fourth-order valence-electron chi connectivity index (χ4n) is 2.95. The second-order valence-corrected chi connectivity index (χ2v) is 6.00. The Morgan fingerprint density at radius 3 is 2.53 bits per heavy atom. The second kappa shape index (κ2) is 6.51. The first-order valence-corrected chi connectivity index (χ1v) is 7.28. The molecule has 0 amide bonds. The summed E-state index contributed by atoms with van der Waals surface area (Å²) in [5.74, 6) is 1.07. The van der Waals surface area contributed by atoms with E-state index in [1.807, 2.05) is 0 Å². The van der Waals surface area contributed by atoms with Gasteiger partial charge in [0.1, 0.15) is 0 Å². The first kappa shape index (κ1) is 14.5. The largest absolute Gasteiger partial charge is 0.395 e. The van der Waals surface area contributed by atoms with Gasteiger partial charge in [0.2, 0.25) is 0 Å². The summed E-state index contributed by atoms with van der Waals surface area (Å²) in [6, 6.07) is 9.17. The molecule has 2 rings (SSSR count). The zero-order chi connectivity index (χ0) is 13.8. The van der Waals surface area contributed by atoms with Crippen LogP contribution in [-0.2, 0) is 0 Å². The molecule has 3 nitrogen and oxygen atoms in total. The van der Waals surface area contributed by atoms with Crippen molar-refractivity contribution in [2.75, 3.05) is 26.2 Å². The quantitative estimate of drug-likeness (QED) is 0.871. The van der Waals surface area contributed by atoms with E-state index in [2.05, 4.69) is 43.0 Å². The highest BCUT2D eigenvalue weighted by Crippen LogP contribution is 2.27. The maximum atomic E-state index is 9.08. The zero-order valence-electron chi connectivity index (χ0n) is 12.0. The standard InChI is InChI=1S/C16H26N2O/c1-12(2)13-3-5-14(6-4-13)15-9-16(17)11-18(10-15)7-8-19/h3-6,12,15-16,19H,7-11,17H2,1-2H3. The molecule has 0 bridgehead atoms. The number of aliphatic hydroxyl groups is 1. The van der Waals surface area contributed by atoms with E-state index in [0.29, 0.717) is 11.8 Å². The van der Waals surface area contributed by atoms with Gasteiger partial charge in [0.25, 0.3) is 0 Å². The lowest BCUT2D eigenvalue weighted by molar-refractivity contribution is 0.149. The molecule has 106 valence electrons. The molecule has 0 aromatic heterocycles. The lowest BCUT2D eigenvalue weighted by Crippen LogP contribution is -2.47. The molecule has 1 fully saturated rings. The van der Waals surface area contributed by atoms with Crippen molar-refractivity contribution in [3.05, 3.63) is 35.4 Å². The minimum atomic E-state index is 0.214. The Morgan fingerprint density at radius 1 is 1.26 bits per heavy atom. The topological polar surface area (TPSA) is 49.5 Å². The number of aliphatic hydroxyl groups excluding tert-OH is 1. The molecule has 1 aromatic carbocycles. The number of hydrogen-bond acceptors (Lipinski definition) is 3. The van der Waals surface area contributed by atoms with E-state index in [9.17, 15) is 0 Å². The molecule has 2 unspecified atom stereocenters. The van der Waals surface area contributed by atoms with Crippen molar-refractivity contribution < 1.29 is 5.11 Å². The van der Waals surface area contributed by atoms with Gasteiger partial charge in [0, 0.05) is 25.7 Å². The maximum Gasteiger partial charge on any atom is 0.0558 e. The third-order valence-corrected chi connectivity index (χ3v) is 4.05. The van der Waals surface area contributed by atoms with Crippen LogP contribution < -0.4 is 5.73 Å². The summed E-state index contributed by atoms with van der Waals surface area (Å²) in [5.41, 5.74) is 8.90. The predicted octanol–water partition coefficient (Wildman–Crippen LogP) is 1.92. The van der Waals surface area contributed by atoms with E-state index in [-0.39, 0.29) is 12.6 Å². The predicted molar refractivity (Wildman–Crippen MR) is 79.4 cm³/mol. The van der Waals surface area contributed by atoms with Gasteiger partial charge in [-0.3, -0.25) is 4.90 Å². The molecule has 0 radical (unpaired) electrons. The van der Waals surface area contributed by atoms with E-state index < -0.39 is 0 Å². The molecule has 1 saturated heterocycles. The number of β-amino-alcohol motifs (C(OH)–C–C–N with tert-alkyl or cyclic N) is 1. The van der Waals surface area contributed by atoms with Crippen LogP contribution in [0.5, 0.6) is 0 Å². The maximum absolute atomic E-state index is 9.08. The third-order valence-electron chi connectivity index (χ3n) is 4.05. The molecule has 3 N–H and O–H groups in total. The summed E-state index contributed by atoms with van der Waals surface area (Å²) < 4.78 is 0. The van der Waals surface area contributed by atoms with Gasteiger partial charge in [0.15, 0.2) is 0 Å². The summed E-state index contributed by atoms with van der Waals surface area (Å²) in [5, 5.41) is 9.08. The summed E-state index contributed by atoms with van der Waals surface area (Å²) in [4.78, 5) is 2.27. The van der Waals surface area contributed by atoms with E-state index in [1.54, 1.807) is 0 Å². The van der Waals surface area contributed by atoms with E-state index in [1.165, 1.54) is 11.1 Å². The van der Waals surface area contributed by atoms with Gasteiger partial charge >= 0.3 is 0 Å². The van der Waals surface area contributed by atoms with Crippen LogP contribution in [0.4, 0.5) is 0 Å². The summed E-state index contributed by atoms with van der Waals surface area (Å²) in [6.45, 7) is 7.29. The Bertz CT molecular complexity index is 388. The third kappa shape index (κ3) is 3.78. The van der Waals surface area contributed by atoms with Gasteiger partial charge in [-0.2, -0.15) is 0 Å². The van der Waals surface area contributed by atoms with Gasteiger partial charge < -0.3 is 10.8 Å². The van der Waals surface area contributed by atoms with Crippen LogP contribution in [0.3, 0.4) is 0 Å². The fourth-order valence-corrected chi connectivity index (χ4v) is 2.95. The first-order valence-electron chi connectivity index (χ1n) is 7.28. The molecule has 1 aromatic rings. The summed E-state index contributed by atoms with van der Waals surface area (Å²) >= 11 is 0. The lowest BCUT2D eigenvalue weighted by atomic mass is 9.87. The Morgan fingerprint density at radius 2 is 1.95 bits per heavy atom. The van der Waals surface area contributed by atoms with Crippen LogP contribution in [0.15, 0.2) is 24.3 Å². The normalized spacial score (nSPS) is 24.9. The second-order valence-electron chi connectivity index (χ2n) is 6.00. The summed E-state index contributed by atoms with van der Waals surface area (Å²) in [6.07, 6.45) is 1.04. The van der Waals surface area contributed by atoms with Crippen LogP contribution >= 0.6 is 0 Å². The highest BCUT2D eigenvalue weighted by Gasteiger charge is 2.25. The lowest BCUT2D eigenvalue weighted by Gasteiger charge is -2.36. The van der Waals surface area contributed by atoms with Gasteiger partial charge in [-0.05, 0) is 29.4 Å². The summed E-state index contributed by atoms with van der Waals surface area (Å²) in [7, 11) is 0. The Kier molecular flexibility index (Phi) is 4.97. The van der Waals surface area contributed by atoms with E-state index in [4.69, 9.17) is 10.8 Å². The number of likely N-dealkylation sites (tertiary alicyclic amines) is 1. The smallest absolute Gasteiger partial charge is 0.0558 e. The van der Waals surface area contributed by atoms with Crippen LogP contribution in [0.2, 0.25) is 0 Å².